The molecule has 0 unspecified atom stereocenters. The Hall–Kier alpha value is -2.22. The molecule has 2 fully saturated rings. The maximum absolute atomic E-state index is 11.8. The summed E-state index contributed by atoms with van der Waals surface area (Å²) in [5.74, 6) is -0.498. The minimum atomic E-state index is -0.249. The fraction of sp³-hybridized carbons (Fsp3) is 0.385. The topological polar surface area (TPSA) is 65.3 Å². The molecule has 0 N–H and O–H groups in total. The molecule has 4 rings (SSSR count). The van der Waals surface area contributed by atoms with Crippen molar-refractivity contribution in [3.63, 3.8) is 0 Å². The Labute approximate surface area is 231 Å². The predicted octanol–water partition coefficient (Wildman–Crippen LogP) is 4.43. The van der Waals surface area contributed by atoms with Crippen LogP contribution < -0.4 is 0 Å². The zero-order chi connectivity index (χ0) is 24.2. The van der Waals surface area contributed by atoms with E-state index in [2.05, 4.69) is 9.98 Å². The van der Waals surface area contributed by atoms with Crippen LogP contribution in [0.25, 0.3) is 0 Å². The molecule has 0 aromatic heterocycles. The number of amidine groups is 2. The van der Waals surface area contributed by atoms with Crippen LogP contribution in [-0.4, -0.2) is 58.1 Å². The molecule has 2 saturated heterocycles. The van der Waals surface area contributed by atoms with Gasteiger partial charge in [0.2, 0.25) is 0 Å². The average molecular weight is 560 g/mol. The van der Waals surface area contributed by atoms with Crippen molar-refractivity contribution in [1.82, 2.24) is 9.80 Å². The summed E-state index contributed by atoms with van der Waals surface area (Å²) < 4.78 is 0. The average Bonchev–Trinajstić information content (AvgIpc) is 2.91. The summed E-state index contributed by atoms with van der Waals surface area (Å²) in [6, 6.07) is 18.1. The summed E-state index contributed by atoms with van der Waals surface area (Å²) in [6.45, 7) is 3.68. The Kier molecular flexibility index (Phi) is 13.0. The van der Waals surface area contributed by atoms with Crippen LogP contribution in [0.1, 0.15) is 59.2 Å². The van der Waals surface area contributed by atoms with E-state index in [9.17, 15) is 9.59 Å². The number of amides is 2. The number of carbonyl (C=O) groups excluding carboxylic acids is 2. The number of hydrogen-bond acceptors (Lipinski definition) is 4. The summed E-state index contributed by atoms with van der Waals surface area (Å²) in [5.41, 5.74) is 1.18. The second-order valence-electron chi connectivity index (χ2n) is 8.23. The maximum Gasteiger partial charge on any atom is 2.00 e. The number of rotatable bonds is 2. The second-order valence-corrected chi connectivity index (χ2v) is 8.96. The van der Waals surface area contributed by atoms with E-state index in [4.69, 9.17) is 25.3 Å². The van der Waals surface area contributed by atoms with Crippen molar-refractivity contribution in [2.24, 2.45) is 9.98 Å². The third-order valence-electron chi connectivity index (χ3n) is 5.69. The van der Waals surface area contributed by atoms with Crippen molar-refractivity contribution < 1.29 is 29.1 Å². The van der Waals surface area contributed by atoms with Crippen molar-refractivity contribution in [3.05, 3.63) is 71.8 Å². The van der Waals surface area contributed by atoms with Gasteiger partial charge in [0, 0.05) is 37.3 Å². The van der Waals surface area contributed by atoms with Gasteiger partial charge in [-0.1, -0.05) is 36.4 Å². The van der Waals surface area contributed by atoms with E-state index >= 15 is 0 Å². The minimum Gasteiger partial charge on any atom is -0.742 e. The summed E-state index contributed by atoms with van der Waals surface area (Å²) in [6.07, 6.45) is 7.02. The molecule has 9 heteroatoms. The van der Waals surface area contributed by atoms with Gasteiger partial charge in [0.1, 0.15) is 0 Å². The number of nitrogens with zero attached hydrogens (tertiary/aromatic N) is 4. The van der Waals surface area contributed by atoms with E-state index in [1.54, 1.807) is 24.3 Å². The van der Waals surface area contributed by atoms with E-state index in [0.29, 0.717) is 21.5 Å². The van der Waals surface area contributed by atoms with Crippen molar-refractivity contribution in [3.8, 4) is 0 Å². The van der Waals surface area contributed by atoms with Gasteiger partial charge in [-0.05, 0) is 73.1 Å². The molecule has 6 nitrogen and oxygen atoms in total. The molecule has 35 heavy (non-hydrogen) atoms. The molecule has 0 saturated carbocycles. The Balaban J connectivity index is 0.000000240. The molecular formula is C26H30N4O2S2Zn. The smallest absolute Gasteiger partial charge is 0.742 e. The Morgan fingerprint density at radius 1 is 0.571 bits per heavy atom. The van der Waals surface area contributed by atoms with E-state index in [-0.39, 0.29) is 31.3 Å². The van der Waals surface area contributed by atoms with Gasteiger partial charge < -0.3 is 35.1 Å². The first-order valence-electron chi connectivity index (χ1n) is 11.7. The van der Waals surface area contributed by atoms with Gasteiger partial charge in [0.05, 0.1) is 0 Å². The molecule has 2 aliphatic heterocycles. The number of aliphatic imine (C=N–C) groups is 2. The molecule has 0 bridgehead atoms. The standard InChI is InChI=1S/2C13H16N2OS.Zn/c2*16-12(11-7-3-1-4-8-11)14-13(17)15-9-5-2-6-10-15;/h2*1,3-4,7-8H,2,5-6,9-10H2,(H,14,16,17);/q;;+2/p-2. The van der Waals surface area contributed by atoms with Gasteiger partial charge in [-0.25, -0.2) is 9.98 Å². The first-order chi connectivity index (χ1) is 16.5. The number of hydrogen-bond donors (Lipinski definition) is 0. The molecule has 2 heterocycles. The van der Waals surface area contributed by atoms with Crippen LogP contribution in [0.15, 0.2) is 70.6 Å². The van der Waals surface area contributed by atoms with Crippen LogP contribution in [-0.2, 0) is 44.7 Å². The predicted molar refractivity (Wildman–Crippen MR) is 142 cm³/mol. The van der Waals surface area contributed by atoms with Gasteiger partial charge in [0.25, 0.3) is 11.8 Å². The van der Waals surface area contributed by atoms with E-state index < -0.39 is 0 Å². The molecule has 2 aliphatic rings. The summed E-state index contributed by atoms with van der Waals surface area (Å²) in [5, 5.41) is 0.858. The summed E-state index contributed by atoms with van der Waals surface area (Å²) in [7, 11) is 0. The fourth-order valence-electron chi connectivity index (χ4n) is 3.78. The minimum absolute atomic E-state index is 0. The van der Waals surface area contributed by atoms with Crippen LogP contribution in [0.4, 0.5) is 0 Å². The van der Waals surface area contributed by atoms with Gasteiger partial charge in [0.15, 0.2) is 0 Å². The van der Waals surface area contributed by atoms with E-state index in [0.717, 1.165) is 51.9 Å². The van der Waals surface area contributed by atoms with Crippen LogP contribution in [0, 0.1) is 0 Å². The number of benzene rings is 2. The molecule has 0 atom stereocenters. The Bertz CT molecular complexity index is 909. The summed E-state index contributed by atoms with van der Waals surface area (Å²) >= 11 is 10.4. The SMILES string of the molecule is O=C(N=C([S-])N1CCCCC1)c1ccccc1.O=C(N=C([S-])N1CCCCC1)c1ccccc1.[Zn+2]. The first-order valence-corrected chi connectivity index (χ1v) is 12.6. The number of piperidine rings is 2. The van der Waals surface area contributed by atoms with Gasteiger partial charge in [-0.3, -0.25) is 9.59 Å². The molecular weight excluding hydrogens is 530 g/mol. The molecule has 180 valence electrons. The van der Waals surface area contributed by atoms with Crippen LogP contribution >= 0.6 is 0 Å². The maximum atomic E-state index is 11.8. The Morgan fingerprint density at radius 3 is 1.20 bits per heavy atom. The van der Waals surface area contributed by atoms with Crippen LogP contribution in [0.2, 0.25) is 0 Å². The van der Waals surface area contributed by atoms with Crippen molar-refractivity contribution in [2.45, 2.75) is 38.5 Å². The third kappa shape index (κ3) is 9.75. The van der Waals surface area contributed by atoms with E-state index in [1.165, 1.54) is 12.8 Å². The monoisotopic (exact) mass is 558 g/mol. The van der Waals surface area contributed by atoms with Crippen molar-refractivity contribution >= 4 is 47.4 Å². The fourth-order valence-corrected chi connectivity index (χ4v) is 4.31. The number of carbonyl (C=O) groups is 2. The molecule has 2 aromatic rings. The number of likely N-dealkylation sites (tertiary alicyclic amines) is 2. The molecule has 2 aromatic carbocycles. The largest absolute Gasteiger partial charge is 2.00 e. The molecule has 2 amide bonds. The van der Waals surface area contributed by atoms with Gasteiger partial charge in [-0.15, -0.1) is 0 Å². The van der Waals surface area contributed by atoms with Crippen LogP contribution in [0.5, 0.6) is 0 Å². The van der Waals surface area contributed by atoms with Crippen molar-refractivity contribution in [2.75, 3.05) is 26.2 Å². The second kappa shape index (κ2) is 15.7. The van der Waals surface area contributed by atoms with Crippen molar-refractivity contribution in [1.29, 1.82) is 0 Å². The third-order valence-corrected chi connectivity index (χ3v) is 6.39. The quantitative estimate of drug-likeness (QED) is 0.235. The first kappa shape index (κ1) is 29.0. The zero-order valence-corrected chi connectivity index (χ0v) is 24.6. The normalized spacial score (nSPS) is 16.5. The molecule has 0 spiro atoms. The molecule has 0 aliphatic carbocycles. The summed E-state index contributed by atoms with van der Waals surface area (Å²) in [4.78, 5) is 35.6. The van der Waals surface area contributed by atoms with Gasteiger partial charge in [-0.2, -0.15) is 0 Å². The van der Waals surface area contributed by atoms with E-state index in [1.807, 2.05) is 46.2 Å². The molecule has 0 radical (unpaired) electrons. The Morgan fingerprint density at radius 2 is 0.886 bits per heavy atom. The van der Waals surface area contributed by atoms with Gasteiger partial charge >= 0.3 is 19.5 Å². The zero-order valence-electron chi connectivity index (χ0n) is 20.0. The van der Waals surface area contributed by atoms with Crippen LogP contribution in [0.3, 0.4) is 0 Å².